The highest BCUT2D eigenvalue weighted by molar-refractivity contribution is 5.97. The number of nitrogens with one attached hydrogen (secondary N) is 1. The molecule has 0 fully saturated rings. The number of Topliss-reactive ketones (excluding diaryl/α,β-unsaturated/α-hetero) is 1. The number of halogens is 1. The first-order valence-corrected chi connectivity index (χ1v) is 10.6. The SMILES string of the molecule is Cc1cc(-c2cc(CNC3=NCCC3)cc(C(=O)CCc3cccc(F)n3)c2)ccn1. The van der Waals surface area contributed by atoms with Gasteiger partial charge in [0.05, 0.1) is 5.84 Å². The highest BCUT2D eigenvalue weighted by atomic mass is 19.1. The first kappa shape index (κ1) is 20.8. The van der Waals surface area contributed by atoms with Crippen molar-refractivity contribution in [1.29, 1.82) is 0 Å². The van der Waals surface area contributed by atoms with E-state index in [2.05, 4.69) is 26.3 Å². The minimum atomic E-state index is -0.525. The Hall–Kier alpha value is -3.41. The van der Waals surface area contributed by atoms with Crippen molar-refractivity contribution in [3.63, 3.8) is 0 Å². The van der Waals surface area contributed by atoms with Crippen LogP contribution in [0.1, 0.15) is 46.6 Å². The fourth-order valence-corrected chi connectivity index (χ4v) is 3.71. The van der Waals surface area contributed by atoms with Crippen molar-refractivity contribution in [2.24, 2.45) is 4.99 Å². The minimum absolute atomic E-state index is 0.0122. The average Bonchev–Trinajstić information content (AvgIpc) is 3.30. The molecule has 5 nitrogen and oxygen atoms in total. The number of nitrogens with zero attached hydrogens (tertiary/aromatic N) is 3. The molecule has 0 unspecified atom stereocenters. The van der Waals surface area contributed by atoms with Crippen molar-refractivity contribution in [3.05, 3.63) is 83.2 Å². The molecule has 158 valence electrons. The Bertz CT molecular complexity index is 1130. The Morgan fingerprint density at radius 1 is 1.13 bits per heavy atom. The molecule has 6 heteroatoms. The molecule has 31 heavy (non-hydrogen) atoms. The van der Waals surface area contributed by atoms with Gasteiger partial charge in [-0.3, -0.25) is 14.8 Å². The second-order valence-corrected chi connectivity index (χ2v) is 7.76. The van der Waals surface area contributed by atoms with Gasteiger partial charge in [0.15, 0.2) is 5.78 Å². The van der Waals surface area contributed by atoms with Crippen molar-refractivity contribution in [2.45, 2.75) is 39.2 Å². The maximum absolute atomic E-state index is 13.3. The van der Waals surface area contributed by atoms with E-state index in [1.165, 1.54) is 6.07 Å². The van der Waals surface area contributed by atoms with Crippen LogP contribution in [0.3, 0.4) is 0 Å². The van der Waals surface area contributed by atoms with E-state index >= 15 is 0 Å². The zero-order chi connectivity index (χ0) is 21.6. The van der Waals surface area contributed by atoms with Crippen LogP contribution < -0.4 is 5.32 Å². The Labute approximate surface area is 181 Å². The molecule has 0 amide bonds. The molecule has 0 radical (unpaired) electrons. The van der Waals surface area contributed by atoms with Gasteiger partial charge in [-0.15, -0.1) is 0 Å². The van der Waals surface area contributed by atoms with Crippen LogP contribution in [-0.4, -0.2) is 28.1 Å². The number of hydrogen-bond acceptors (Lipinski definition) is 5. The molecule has 0 spiro atoms. The highest BCUT2D eigenvalue weighted by Gasteiger charge is 2.13. The zero-order valence-corrected chi connectivity index (χ0v) is 17.6. The normalized spacial score (nSPS) is 13.2. The van der Waals surface area contributed by atoms with Crippen molar-refractivity contribution >= 4 is 11.6 Å². The van der Waals surface area contributed by atoms with E-state index in [0.717, 1.165) is 47.6 Å². The average molecular weight is 417 g/mol. The lowest BCUT2D eigenvalue weighted by Crippen LogP contribution is -2.20. The minimum Gasteiger partial charge on any atom is -0.370 e. The predicted molar refractivity (Wildman–Crippen MR) is 120 cm³/mol. The molecule has 0 saturated carbocycles. The Morgan fingerprint density at radius 2 is 2.03 bits per heavy atom. The molecule has 3 aromatic rings. The van der Waals surface area contributed by atoms with Crippen LogP contribution in [0, 0.1) is 12.9 Å². The molecule has 3 heterocycles. The number of hydrogen-bond donors (Lipinski definition) is 1. The topological polar surface area (TPSA) is 67.2 Å². The Balaban J connectivity index is 1.57. The number of rotatable bonds is 7. The number of pyridine rings is 2. The van der Waals surface area contributed by atoms with E-state index in [-0.39, 0.29) is 12.2 Å². The number of benzene rings is 1. The van der Waals surface area contributed by atoms with Gasteiger partial charge in [-0.2, -0.15) is 4.39 Å². The summed E-state index contributed by atoms with van der Waals surface area (Å²) in [6, 6.07) is 14.6. The molecular formula is C25H25FN4O. The number of ketones is 1. The highest BCUT2D eigenvalue weighted by Crippen LogP contribution is 2.24. The summed E-state index contributed by atoms with van der Waals surface area (Å²) in [6.07, 6.45) is 4.50. The van der Waals surface area contributed by atoms with Gasteiger partial charge in [0.25, 0.3) is 0 Å². The number of aromatic nitrogens is 2. The summed E-state index contributed by atoms with van der Waals surface area (Å²) >= 11 is 0. The first-order valence-electron chi connectivity index (χ1n) is 10.6. The third-order valence-corrected chi connectivity index (χ3v) is 5.30. The van der Waals surface area contributed by atoms with E-state index < -0.39 is 5.95 Å². The zero-order valence-electron chi connectivity index (χ0n) is 17.6. The fraction of sp³-hybridized carbons (Fsp3) is 0.280. The predicted octanol–water partition coefficient (Wildman–Crippen LogP) is 4.69. The number of carbonyl (C=O) groups is 1. The monoisotopic (exact) mass is 416 g/mol. The largest absolute Gasteiger partial charge is 0.370 e. The van der Waals surface area contributed by atoms with Gasteiger partial charge in [0.2, 0.25) is 5.95 Å². The van der Waals surface area contributed by atoms with Crippen LogP contribution >= 0.6 is 0 Å². The lowest BCUT2D eigenvalue weighted by molar-refractivity contribution is 0.0982. The van der Waals surface area contributed by atoms with Gasteiger partial charge in [0, 0.05) is 49.1 Å². The Kier molecular flexibility index (Phi) is 6.46. The summed E-state index contributed by atoms with van der Waals surface area (Å²) in [7, 11) is 0. The molecule has 0 saturated heterocycles. The number of aryl methyl sites for hydroxylation is 2. The van der Waals surface area contributed by atoms with Crippen LogP contribution in [0.4, 0.5) is 4.39 Å². The standard InChI is InChI=1S/C25H25FN4O/c1-17-12-19(9-11-27-17)20-13-18(16-29-25-6-3-10-28-25)14-21(15-20)23(31)8-7-22-4-2-5-24(26)30-22/h2,4-5,9,11-15H,3,6-8,10,16H2,1H3,(H,28,29). The van der Waals surface area contributed by atoms with E-state index in [1.807, 2.05) is 31.2 Å². The third kappa shape index (κ3) is 5.60. The maximum Gasteiger partial charge on any atom is 0.213 e. The van der Waals surface area contributed by atoms with Gasteiger partial charge >= 0.3 is 0 Å². The number of amidine groups is 1. The van der Waals surface area contributed by atoms with Crippen LogP contribution in [0.5, 0.6) is 0 Å². The van der Waals surface area contributed by atoms with E-state index in [0.29, 0.717) is 24.2 Å². The van der Waals surface area contributed by atoms with Gasteiger partial charge in [-0.1, -0.05) is 6.07 Å². The fourth-order valence-electron chi connectivity index (χ4n) is 3.71. The van der Waals surface area contributed by atoms with E-state index in [4.69, 9.17) is 0 Å². The number of carbonyl (C=O) groups excluding carboxylic acids is 1. The lowest BCUT2D eigenvalue weighted by atomic mass is 9.96. The van der Waals surface area contributed by atoms with Crippen LogP contribution in [0.2, 0.25) is 0 Å². The molecule has 1 aliphatic heterocycles. The van der Waals surface area contributed by atoms with Crippen LogP contribution in [0.15, 0.2) is 59.7 Å². The third-order valence-electron chi connectivity index (χ3n) is 5.30. The van der Waals surface area contributed by atoms with Crippen molar-refractivity contribution in [2.75, 3.05) is 6.54 Å². The molecular weight excluding hydrogens is 391 g/mol. The molecule has 1 aromatic carbocycles. The maximum atomic E-state index is 13.3. The molecule has 0 aliphatic carbocycles. The smallest absolute Gasteiger partial charge is 0.213 e. The first-order chi connectivity index (χ1) is 15.1. The summed E-state index contributed by atoms with van der Waals surface area (Å²) in [5.74, 6) is 0.511. The molecule has 4 rings (SSSR count). The quantitative estimate of drug-likeness (QED) is 0.448. The molecule has 0 atom stereocenters. The van der Waals surface area contributed by atoms with Gasteiger partial charge < -0.3 is 5.32 Å². The van der Waals surface area contributed by atoms with E-state index in [9.17, 15) is 9.18 Å². The van der Waals surface area contributed by atoms with Gasteiger partial charge in [-0.25, -0.2) is 4.98 Å². The number of aliphatic imine (C=N–C) groups is 1. The van der Waals surface area contributed by atoms with Gasteiger partial charge in [0.1, 0.15) is 0 Å². The lowest BCUT2D eigenvalue weighted by Gasteiger charge is -2.12. The molecule has 1 aliphatic rings. The second kappa shape index (κ2) is 9.60. The van der Waals surface area contributed by atoms with Gasteiger partial charge in [-0.05, 0) is 78.9 Å². The van der Waals surface area contributed by atoms with Crippen LogP contribution in [-0.2, 0) is 13.0 Å². The van der Waals surface area contributed by atoms with Crippen LogP contribution in [0.25, 0.3) is 11.1 Å². The summed E-state index contributed by atoms with van der Waals surface area (Å²) in [5.41, 5.74) is 5.17. The van der Waals surface area contributed by atoms with E-state index in [1.54, 1.807) is 18.3 Å². The van der Waals surface area contributed by atoms with Crippen molar-refractivity contribution < 1.29 is 9.18 Å². The summed E-state index contributed by atoms with van der Waals surface area (Å²) in [5, 5.41) is 3.39. The summed E-state index contributed by atoms with van der Waals surface area (Å²) in [4.78, 5) is 25.6. The van der Waals surface area contributed by atoms with Crippen molar-refractivity contribution in [3.8, 4) is 11.1 Å². The van der Waals surface area contributed by atoms with Crippen molar-refractivity contribution in [1.82, 2.24) is 15.3 Å². The molecule has 2 aromatic heterocycles. The summed E-state index contributed by atoms with van der Waals surface area (Å²) < 4.78 is 13.3. The molecule has 1 N–H and O–H groups in total. The molecule has 0 bridgehead atoms. The second-order valence-electron chi connectivity index (χ2n) is 7.76. The Morgan fingerprint density at radius 3 is 2.81 bits per heavy atom. The summed E-state index contributed by atoms with van der Waals surface area (Å²) in [6.45, 7) is 3.43.